The third kappa shape index (κ3) is 5.93. The number of nitrogens with zero attached hydrogens (tertiary/aromatic N) is 5. The molecule has 1 aliphatic rings. The van der Waals surface area contributed by atoms with E-state index < -0.39 is 0 Å². The summed E-state index contributed by atoms with van der Waals surface area (Å²) < 4.78 is 0. The number of aryl methyl sites for hydroxylation is 1. The fraction of sp³-hybridized carbons (Fsp3) is 0.448. The van der Waals surface area contributed by atoms with Crippen LogP contribution in [0.2, 0.25) is 0 Å². The van der Waals surface area contributed by atoms with Gasteiger partial charge in [-0.15, -0.1) is 0 Å². The zero-order chi connectivity index (χ0) is 24.0. The first-order valence-corrected chi connectivity index (χ1v) is 13.0. The first-order valence-electron chi connectivity index (χ1n) is 13.0. The summed E-state index contributed by atoms with van der Waals surface area (Å²) in [6.45, 7) is 2.00. The second kappa shape index (κ2) is 11.1. The Morgan fingerprint density at radius 2 is 1.63 bits per heavy atom. The summed E-state index contributed by atoms with van der Waals surface area (Å²) in [6.07, 6.45) is 12.3. The van der Waals surface area contributed by atoms with Crippen LogP contribution in [0.4, 0.5) is 5.82 Å². The number of aromatic nitrogens is 4. The molecule has 0 amide bonds. The molecular weight excluding hydrogens is 432 g/mol. The maximum atomic E-state index is 4.87. The fourth-order valence-electron chi connectivity index (χ4n) is 5.37. The molecule has 0 radical (unpaired) electrons. The van der Waals surface area contributed by atoms with Gasteiger partial charge in [0.25, 0.3) is 0 Å². The summed E-state index contributed by atoms with van der Waals surface area (Å²) in [5, 5.41) is 4.80. The van der Waals surface area contributed by atoms with Gasteiger partial charge in [0.15, 0.2) is 0 Å². The van der Waals surface area contributed by atoms with Gasteiger partial charge in [-0.05, 0) is 67.5 Å². The lowest BCUT2D eigenvalue weighted by Crippen LogP contribution is -2.26. The summed E-state index contributed by atoms with van der Waals surface area (Å²) >= 11 is 0. The Morgan fingerprint density at radius 1 is 0.857 bits per heavy atom. The van der Waals surface area contributed by atoms with Crippen molar-refractivity contribution in [1.82, 2.24) is 25.3 Å². The monoisotopic (exact) mass is 468 g/mol. The van der Waals surface area contributed by atoms with Crippen molar-refractivity contribution in [2.45, 2.75) is 51.5 Å². The smallest absolute Gasteiger partial charge is 0.139 e. The van der Waals surface area contributed by atoms with Crippen molar-refractivity contribution in [3.8, 4) is 0 Å². The third-order valence-corrected chi connectivity index (χ3v) is 7.33. The first kappa shape index (κ1) is 23.6. The second-order valence-corrected chi connectivity index (χ2v) is 10.2. The normalized spacial score (nSPS) is 18.2. The zero-order valence-corrected chi connectivity index (χ0v) is 21.0. The Kier molecular flexibility index (Phi) is 7.48. The molecule has 182 valence electrons. The predicted octanol–water partition coefficient (Wildman–Crippen LogP) is 5.56. The Morgan fingerprint density at radius 3 is 2.46 bits per heavy atom. The molecule has 2 aromatic carbocycles. The van der Waals surface area contributed by atoms with E-state index in [1.165, 1.54) is 44.1 Å². The molecule has 2 heterocycles. The average Bonchev–Trinajstić information content (AvgIpc) is 2.89. The van der Waals surface area contributed by atoms with Crippen LogP contribution in [0.1, 0.15) is 49.9 Å². The van der Waals surface area contributed by atoms with Gasteiger partial charge >= 0.3 is 0 Å². The van der Waals surface area contributed by atoms with Gasteiger partial charge in [0.05, 0.1) is 16.6 Å². The zero-order valence-electron chi connectivity index (χ0n) is 21.0. The highest BCUT2D eigenvalue weighted by molar-refractivity contribution is 5.89. The van der Waals surface area contributed by atoms with E-state index >= 15 is 0 Å². The van der Waals surface area contributed by atoms with E-state index in [0.29, 0.717) is 0 Å². The molecule has 1 N–H and O–H groups in total. The number of hydrogen-bond acceptors (Lipinski definition) is 6. The van der Waals surface area contributed by atoms with Gasteiger partial charge < -0.3 is 10.2 Å². The summed E-state index contributed by atoms with van der Waals surface area (Å²) in [5.41, 5.74) is 4.25. The second-order valence-electron chi connectivity index (χ2n) is 10.2. The molecule has 0 bridgehead atoms. The summed E-state index contributed by atoms with van der Waals surface area (Å²) in [4.78, 5) is 20.6. The Hall–Kier alpha value is -3.12. The molecule has 1 saturated carbocycles. The largest absolute Gasteiger partial charge is 0.362 e. The molecule has 0 atom stereocenters. The van der Waals surface area contributed by atoms with E-state index in [2.05, 4.69) is 76.7 Å². The van der Waals surface area contributed by atoms with Crippen molar-refractivity contribution in [3.63, 3.8) is 0 Å². The van der Waals surface area contributed by atoms with Gasteiger partial charge in [0.1, 0.15) is 11.6 Å². The summed E-state index contributed by atoms with van der Waals surface area (Å²) in [6, 6.07) is 14.7. The SMILES string of the molecule is CN(C)c1nc(CCCC2CCC(CNCc3ccc4nccnc4c3)CC2)nc2ccccc12. The highest BCUT2D eigenvalue weighted by atomic mass is 15.1. The molecular formula is C29H36N6. The Balaban J connectivity index is 1.04. The lowest BCUT2D eigenvalue weighted by molar-refractivity contribution is 0.254. The van der Waals surface area contributed by atoms with Gasteiger partial charge in [-0.2, -0.15) is 0 Å². The van der Waals surface area contributed by atoms with Crippen LogP contribution >= 0.6 is 0 Å². The Labute approximate surface area is 208 Å². The van der Waals surface area contributed by atoms with Crippen molar-refractivity contribution < 1.29 is 0 Å². The van der Waals surface area contributed by atoms with E-state index in [0.717, 1.165) is 64.9 Å². The highest BCUT2D eigenvalue weighted by Crippen LogP contribution is 2.32. The standard InChI is InChI=1S/C29H36N6/c1-35(2)29-24-7-3-4-8-25(24)33-28(34-29)9-5-6-21-10-12-22(13-11-21)19-30-20-23-14-15-26-27(18-23)32-17-16-31-26/h3-4,7-8,14-18,21-22,30H,5-6,9-13,19-20H2,1-2H3. The lowest BCUT2D eigenvalue weighted by atomic mass is 9.80. The Bertz CT molecular complexity index is 1260. The molecule has 0 unspecified atom stereocenters. The van der Waals surface area contributed by atoms with Crippen LogP contribution in [0.25, 0.3) is 21.9 Å². The minimum atomic E-state index is 0.790. The average molecular weight is 469 g/mol. The number of nitrogens with one attached hydrogen (secondary N) is 1. The first-order chi connectivity index (χ1) is 17.2. The van der Waals surface area contributed by atoms with Crippen LogP contribution in [-0.2, 0) is 13.0 Å². The maximum absolute atomic E-state index is 4.87. The summed E-state index contributed by atoms with van der Waals surface area (Å²) in [5.74, 6) is 3.64. The maximum Gasteiger partial charge on any atom is 0.139 e. The molecule has 1 fully saturated rings. The van der Waals surface area contributed by atoms with E-state index in [4.69, 9.17) is 9.97 Å². The van der Waals surface area contributed by atoms with Crippen LogP contribution in [0.15, 0.2) is 54.9 Å². The van der Waals surface area contributed by atoms with Gasteiger partial charge in [-0.25, -0.2) is 9.97 Å². The molecule has 0 spiro atoms. The predicted molar refractivity (Wildman–Crippen MR) is 143 cm³/mol. The van der Waals surface area contributed by atoms with E-state index in [1.807, 2.05) is 0 Å². The van der Waals surface area contributed by atoms with Crippen LogP contribution in [0, 0.1) is 11.8 Å². The van der Waals surface area contributed by atoms with Crippen molar-refractivity contribution >= 4 is 27.8 Å². The number of anilines is 1. The van der Waals surface area contributed by atoms with Gasteiger partial charge in [0.2, 0.25) is 0 Å². The fourth-order valence-corrected chi connectivity index (χ4v) is 5.37. The van der Waals surface area contributed by atoms with Crippen LogP contribution in [-0.4, -0.2) is 40.6 Å². The number of rotatable bonds is 9. The van der Waals surface area contributed by atoms with Gasteiger partial charge in [0, 0.05) is 44.8 Å². The molecule has 0 aliphatic heterocycles. The van der Waals surface area contributed by atoms with E-state index in [1.54, 1.807) is 12.4 Å². The molecule has 6 nitrogen and oxygen atoms in total. The molecule has 35 heavy (non-hydrogen) atoms. The van der Waals surface area contributed by atoms with Crippen molar-refractivity contribution in [3.05, 3.63) is 66.2 Å². The van der Waals surface area contributed by atoms with Gasteiger partial charge in [-0.3, -0.25) is 9.97 Å². The van der Waals surface area contributed by atoms with Crippen molar-refractivity contribution in [1.29, 1.82) is 0 Å². The van der Waals surface area contributed by atoms with Crippen LogP contribution < -0.4 is 10.2 Å². The molecule has 6 heteroatoms. The molecule has 1 aliphatic carbocycles. The number of para-hydroxylation sites is 1. The molecule has 4 aromatic rings. The number of hydrogen-bond donors (Lipinski definition) is 1. The minimum Gasteiger partial charge on any atom is -0.362 e. The highest BCUT2D eigenvalue weighted by Gasteiger charge is 2.21. The number of fused-ring (bicyclic) bond motifs is 2. The van der Waals surface area contributed by atoms with Crippen LogP contribution in [0.5, 0.6) is 0 Å². The molecule has 5 rings (SSSR count). The minimum absolute atomic E-state index is 0.790. The van der Waals surface area contributed by atoms with E-state index in [9.17, 15) is 0 Å². The van der Waals surface area contributed by atoms with E-state index in [-0.39, 0.29) is 0 Å². The van der Waals surface area contributed by atoms with Crippen LogP contribution in [0.3, 0.4) is 0 Å². The quantitative estimate of drug-likeness (QED) is 0.347. The van der Waals surface area contributed by atoms with Gasteiger partial charge in [-0.1, -0.05) is 37.5 Å². The third-order valence-electron chi connectivity index (χ3n) is 7.33. The lowest BCUT2D eigenvalue weighted by Gasteiger charge is -2.28. The van der Waals surface area contributed by atoms with Crippen molar-refractivity contribution in [2.75, 3.05) is 25.5 Å². The molecule has 2 aromatic heterocycles. The number of benzene rings is 2. The van der Waals surface area contributed by atoms with Crippen molar-refractivity contribution in [2.24, 2.45) is 11.8 Å². The summed E-state index contributed by atoms with van der Waals surface area (Å²) in [7, 11) is 4.12. The molecule has 0 saturated heterocycles. The topological polar surface area (TPSA) is 66.8 Å².